The molecule has 0 amide bonds. The van der Waals surface area contributed by atoms with E-state index in [1.54, 1.807) is 11.3 Å². The van der Waals surface area contributed by atoms with Crippen LogP contribution in [0.15, 0.2) is 12.1 Å². The van der Waals surface area contributed by atoms with Gasteiger partial charge >= 0.3 is 0 Å². The Morgan fingerprint density at radius 2 is 2.12 bits per heavy atom. The van der Waals surface area contributed by atoms with Crippen LogP contribution in [0.3, 0.4) is 0 Å². The summed E-state index contributed by atoms with van der Waals surface area (Å²) in [7, 11) is 0. The van der Waals surface area contributed by atoms with Gasteiger partial charge in [0, 0.05) is 11.5 Å². The SMILES string of the molecule is CCCNC(c1ccc(Cl)s1)C(CC)OCC. The third-order valence-corrected chi connectivity index (χ3v) is 3.98. The topological polar surface area (TPSA) is 21.3 Å². The van der Waals surface area contributed by atoms with E-state index in [2.05, 4.69) is 25.2 Å². The summed E-state index contributed by atoms with van der Waals surface area (Å²) in [5, 5.41) is 3.56. The Hall–Kier alpha value is -0.0900. The van der Waals surface area contributed by atoms with Gasteiger partial charge in [-0.2, -0.15) is 0 Å². The van der Waals surface area contributed by atoms with E-state index in [1.807, 2.05) is 13.0 Å². The second-order valence-electron chi connectivity index (χ2n) is 3.98. The minimum Gasteiger partial charge on any atom is -0.377 e. The third-order valence-electron chi connectivity index (χ3n) is 2.67. The molecule has 0 saturated carbocycles. The Morgan fingerprint density at radius 3 is 2.59 bits per heavy atom. The highest BCUT2D eigenvalue weighted by molar-refractivity contribution is 7.16. The first-order chi connectivity index (χ1) is 8.22. The zero-order valence-corrected chi connectivity index (χ0v) is 12.4. The summed E-state index contributed by atoms with van der Waals surface area (Å²) in [4.78, 5) is 1.27. The van der Waals surface area contributed by atoms with E-state index in [9.17, 15) is 0 Å². The second kappa shape index (κ2) is 8.09. The molecule has 1 aromatic rings. The second-order valence-corrected chi connectivity index (χ2v) is 5.72. The van der Waals surface area contributed by atoms with Crippen molar-refractivity contribution in [2.45, 2.75) is 45.8 Å². The first kappa shape index (κ1) is 15.0. The van der Waals surface area contributed by atoms with Crippen LogP contribution in [-0.2, 0) is 4.74 Å². The Bertz CT molecular complexity index is 316. The van der Waals surface area contributed by atoms with Crippen molar-refractivity contribution in [1.29, 1.82) is 0 Å². The number of rotatable bonds is 8. The van der Waals surface area contributed by atoms with Gasteiger partial charge < -0.3 is 10.1 Å². The number of ether oxygens (including phenoxy) is 1. The quantitative estimate of drug-likeness (QED) is 0.765. The molecule has 0 fully saturated rings. The molecule has 1 heterocycles. The van der Waals surface area contributed by atoms with Crippen LogP contribution < -0.4 is 5.32 Å². The van der Waals surface area contributed by atoms with E-state index in [0.29, 0.717) is 0 Å². The Labute approximate surface area is 113 Å². The summed E-state index contributed by atoms with van der Waals surface area (Å²) in [5.74, 6) is 0. The molecule has 1 rings (SSSR count). The van der Waals surface area contributed by atoms with E-state index in [4.69, 9.17) is 16.3 Å². The van der Waals surface area contributed by atoms with Crippen LogP contribution in [0.5, 0.6) is 0 Å². The molecule has 2 unspecified atom stereocenters. The van der Waals surface area contributed by atoms with Crippen LogP contribution in [0.25, 0.3) is 0 Å². The molecule has 0 saturated heterocycles. The molecule has 0 aliphatic carbocycles. The van der Waals surface area contributed by atoms with Gasteiger partial charge in [-0.1, -0.05) is 25.4 Å². The Balaban J connectivity index is 2.77. The predicted molar refractivity (Wildman–Crippen MR) is 76.1 cm³/mol. The van der Waals surface area contributed by atoms with Crippen molar-refractivity contribution in [3.05, 3.63) is 21.3 Å². The van der Waals surface area contributed by atoms with E-state index in [-0.39, 0.29) is 12.1 Å². The van der Waals surface area contributed by atoms with Gasteiger partial charge in [0.05, 0.1) is 16.5 Å². The van der Waals surface area contributed by atoms with Crippen LogP contribution in [0.2, 0.25) is 4.34 Å². The summed E-state index contributed by atoms with van der Waals surface area (Å²) in [5.41, 5.74) is 0. The first-order valence-corrected chi connectivity index (χ1v) is 7.52. The molecule has 2 nitrogen and oxygen atoms in total. The minimum absolute atomic E-state index is 0.223. The fourth-order valence-electron chi connectivity index (χ4n) is 1.87. The van der Waals surface area contributed by atoms with Crippen molar-refractivity contribution in [1.82, 2.24) is 5.32 Å². The molecule has 1 aromatic heterocycles. The average Bonchev–Trinajstić information content (AvgIpc) is 2.75. The number of halogens is 1. The van der Waals surface area contributed by atoms with Crippen molar-refractivity contribution in [2.75, 3.05) is 13.2 Å². The number of nitrogens with one attached hydrogen (secondary N) is 1. The lowest BCUT2D eigenvalue weighted by atomic mass is 10.1. The lowest BCUT2D eigenvalue weighted by Gasteiger charge is -2.26. The Morgan fingerprint density at radius 1 is 1.35 bits per heavy atom. The van der Waals surface area contributed by atoms with Gasteiger partial charge in [-0.25, -0.2) is 0 Å². The van der Waals surface area contributed by atoms with E-state index in [0.717, 1.165) is 30.3 Å². The molecule has 0 aromatic carbocycles. The van der Waals surface area contributed by atoms with Gasteiger partial charge in [0.1, 0.15) is 0 Å². The van der Waals surface area contributed by atoms with Crippen LogP contribution in [0.4, 0.5) is 0 Å². The highest BCUT2D eigenvalue weighted by Gasteiger charge is 2.22. The van der Waals surface area contributed by atoms with E-state index in [1.165, 1.54) is 4.88 Å². The smallest absolute Gasteiger partial charge is 0.0931 e. The zero-order chi connectivity index (χ0) is 12.7. The largest absolute Gasteiger partial charge is 0.377 e. The van der Waals surface area contributed by atoms with E-state index < -0.39 is 0 Å². The van der Waals surface area contributed by atoms with Crippen molar-refractivity contribution in [3.63, 3.8) is 0 Å². The molecule has 17 heavy (non-hydrogen) atoms. The molecule has 1 N–H and O–H groups in total. The van der Waals surface area contributed by atoms with Gasteiger partial charge in [-0.3, -0.25) is 0 Å². The van der Waals surface area contributed by atoms with Crippen LogP contribution in [0.1, 0.15) is 44.5 Å². The third kappa shape index (κ3) is 4.59. The van der Waals surface area contributed by atoms with Crippen molar-refractivity contribution in [3.8, 4) is 0 Å². The van der Waals surface area contributed by atoms with Gasteiger partial charge in [0.25, 0.3) is 0 Å². The highest BCUT2D eigenvalue weighted by Crippen LogP contribution is 2.30. The van der Waals surface area contributed by atoms with E-state index >= 15 is 0 Å². The fraction of sp³-hybridized carbons (Fsp3) is 0.692. The lowest BCUT2D eigenvalue weighted by molar-refractivity contribution is 0.0323. The van der Waals surface area contributed by atoms with Crippen LogP contribution in [-0.4, -0.2) is 19.3 Å². The van der Waals surface area contributed by atoms with Crippen molar-refractivity contribution < 1.29 is 4.74 Å². The van der Waals surface area contributed by atoms with Gasteiger partial charge in [-0.05, 0) is 38.4 Å². The summed E-state index contributed by atoms with van der Waals surface area (Å²) in [6, 6.07) is 4.32. The van der Waals surface area contributed by atoms with Crippen molar-refractivity contribution in [2.24, 2.45) is 0 Å². The molecule has 0 aliphatic rings. The van der Waals surface area contributed by atoms with Crippen molar-refractivity contribution >= 4 is 22.9 Å². The van der Waals surface area contributed by atoms with Gasteiger partial charge in [0.15, 0.2) is 0 Å². The minimum atomic E-state index is 0.223. The fourth-order valence-corrected chi connectivity index (χ4v) is 3.06. The molecule has 0 aliphatic heterocycles. The molecule has 0 spiro atoms. The normalized spacial score (nSPS) is 14.8. The molecule has 98 valence electrons. The zero-order valence-electron chi connectivity index (χ0n) is 10.8. The molecular weight excluding hydrogens is 254 g/mol. The van der Waals surface area contributed by atoms with Gasteiger partial charge in [0.2, 0.25) is 0 Å². The number of thiophene rings is 1. The first-order valence-electron chi connectivity index (χ1n) is 6.33. The average molecular weight is 276 g/mol. The summed E-state index contributed by atoms with van der Waals surface area (Å²) >= 11 is 7.65. The summed E-state index contributed by atoms with van der Waals surface area (Å²) < 4.78 is 6.66. The maximum atomic E-state index is 6.01. The maximum Gasteiger partial charge on any atom is 0.0931 e. The molecule has 0 bridgehead atoms. The Kier molecular flexibility index (Phi) is 7.12. The summed E-state index contributed by atoms with van der Waals surface area (Å²) in [6.45, 7) is 8.13. The van der Waals surface area contributed by atoms with Crippen LogP contribution >= 0.6 is 22.9 Å². The monoisotopic (exact) mass is 275 g/mol. The molecule has 0 radical (unpaired) electrons. The molecule has 4 heteroatoms. The molecular formula is C13H22ClNOS. The number of hydrogen-bond donors (Lipinski definition) is 1. The maximum absolute atomic E-state index is 6.01. The predicted octanol–water partition coefficient (Wildman–Crippen LogP) is 4.26. The van der Waals surface area contributed by atoms with Gasteiger partial charge in [-0.15, -0.1) is 11.3 Å². The molecule has 2 atom stereocenters. The summed E-state index contributed by atoms with van der Waals surface area (Å²) in [6.07, 6.45) is 2.35. The number of hydrogen-bond acceptors (Lipinski definition) is 3. The standard InChI is InChI=1S/C13H22ClNOS/c1-4-9-15-13(10(5-2)16-6-3)11-7-8-12(14)17-11/h7-8,10,13,15H,4-6,9H2,1-3H3. The highest BCUT2D eigenvalue weighted by atomic mass is 35.5. The lowest BCUT2D eigenvalue weighted by Crippen LogP contribution is -2.33. The van der Waals surface area contributed by atoms with Crippen LogP contribution in [0, 0.1) is 0 Å².